The monoisotopic (exact) mass is 585 g/mol. The Morgan fingerprint density at radius 1 is 0.733 bits per heavy atom. The Kier molecular flexibility index (Phi) is 7.96. The van der Waals surface area contributed by atoms with Gasteiger partial charge < -0.3 is 9.32 Å². The van der Waals surface area contributed by atoms with Crippen molar-refractivity contribution in [2.24, 2.45) is 5.92 Å². The van der Waals surface area contributed by atoms with Crippen LogP contribution in [0.3, 0.4) is 0 Å². The van der Waals surface area contributed by atoms with Crippen molar-refractivity contribution >= 4 is 39.4 Å². The van der Waals surface area contributed by atoms with E-state index in [2.05, 4.69) is 159 Å². The first-order valence-electron chi connectivity index (χ1n) is 16.1. The van der Waals surface area contributed by atoms with Crippen LogP contribution in [-0.2, 0) is 0 Å². The summed E-state index contributed by atoms with van der Waals surface area (Å²) in [7, 11) is 0. The number of nitrogens with zero attached hydrogens (tertiary/aromatic N) is 1. The van der Waals surface area contributed by atoms with Crippen molar-refractivity contribution in [3.05, 3.63) is 162 Å². The molecular weight excluding hydrogens is 546 g/mol. The Morgan fingerprint density at radius 2 is 1.49 bits per heavy atom. The third-order valence-electron chi connectivity index (χ3n) is 9.00. The van der Waals surface area contributed by atoms with Crippen LogP contribution in [0, 0.1) is 12.8 Å². The fraction of sp³-hybridized carbons (Fsp3) is 0.163. The van der Waals surface area contributed by atoms with Crippen LogP contribution >= 0.6 is 0 Å². The van der Waals surface area contributed by atoms with Gasteiger partial charge in [-0.2, -0.15) is 0 Å². The molecule has 0 bridgehead atoms. The molecule has 0 radical (unpaired) electrons. The van der Waals surface area contributed by atoms with Crippen LogP contribution in [0.4, 0.5) is 11.4 Å². The van der Waals surface area contributed by atoms with E-state index in [9.17, 15) is 0 Å². The van der Waals surface area contributed by atoms with Gasteiger partial charge in [-0.15, -0.1) is 0 Å². The zero-order valence-electron chi connectivity index (χ0n) is 26.3. The molecule has 2 nitrogen and oxygen atoms in total. The molecule has 2 atom stereocenters. The summed E-state index contributed by atoms with van der Waals surface area (Å²) in [4.78, 5) is 2.40. The number of hydrogen-bond acceptors (Lipinski definition) is 2. The lowest BCUT2D eigenvalue weighted by Crippen LogP contribution is -2.20. The van der Waals surface area contributed by atoms with E-state index in [4.69, 9.17) is 4.42 Å². The average molecular weight is 586 g/mol. The van der Waals surface area contributed by atoms with Crippen molar-refractivity contribution in [3.63, 3.8) is 0 Å². The maximum atomic E-state index is 6.19. The van der Waals surface area contributed by atoms with Gasteiger partial charge in [-0.3, -0.25) is 0 Å². The summed E-state index contributed by atoms with van der Waals surface area (Å²) in [6.07, 6.45) is 13.9. The number of benzene rings is 5. The number of para-hydroxylation sites is 1. The lowest BCUT2D eigenvalue weighted by Gasteiger charge is -2.32. The molecule has 0 saturated carbocycles. The highest BCUT2D eigenvalue weighted by Crippen LogP contribution is 2.41. The smallest absolute Gasteiger partial charge is 0.135 e. The molecule has 0 fully saturated rings. The third-order valence-corrected chi connectivity index (χ3v) is 9.00. The van der Waals surface area contributed by atoms with Crippen LogP contribution in [0.25, 0.3) is 39.1 Å². The van der Waals surface area contributed by atoms with Crippen molar-refractivity contribution in [3.8, 4) is 11.1 Å². The summed E-state index contributed by atoms with van der Waals surface area (Å²) >= 11 is 0. The van der Waals surface area contributed by atoms with E-state index in [0.717, 1.165) is 46.2 Å². The van der Waals surface area contributed by atoms with Crippen LogP contribution in [-0.4, -0.2) is 0 Å². The van der Waals surface area contributed by atoms with Crippen LogP contribution in [0.5, 0.6) is 0 Å². The van der Waals surface area contributed by atoms with Gasteiger partial charge >= 0.3 is 0 Å². The third kappa shape index (κ3) is 5.77. The van der Waals surface area contributed by atoms with Gasteiger partial charge in [0.15, 0.2) is 0 Å². The molecule has 1 aromatic heterocycles. The van der Waals surface area contributed by atoms with Gasteiger partial charge in [-0.25, -0.2) is 0 Å². The molecule has 1 heterocycles. The first-order chi connectivity index (χ1) is 22.1. The van der Waals surface area contributed by atoms with Crippen molar-refractivity contribution in [2.75, 3.05) is 4.90 Å². The molecule has 5 aromatic carbocycles. The van der Waals surface area contributed by atoms with Gasteiger partial charge in [-0.1, -0.05) is 123 Å². The maximum absolute atomic E-state index is 6.19. The highest BCUT2D eigenvalue weighted by Gasteiger charge is 2.24. The first-order valence-corrected chi connectivity index (χ1v) is 16.1. The lowest BCUT2D eigenvalue weighted by molar-refractivity contribution is 0.628. The van der Waals surface area contributed by atoms with Gasteiger partial charge in [0, 0.05) is 33.8 Å². The summed E-state index contributed by atoms with van der Waals surface area (Å²) in [6.45, 7) is 6.75. The molecule has 2 heteroatoms. The van der Waals surface area contributed by atoms with Crippen LogP contribution in [0.1, 0.15) is 49.3 Å². The minimum atomic E-state index is 0.296. The van der Waals surface area contributed by atoms with E-state index in [0.29, 0.717) is 11.8 Å². The molecule has 0 amide bonds. The summed E-state index contributed by atoms with van der Waals surface area (Å²) in [5.74, 6) is 0.608. The number of unbranched alkanes of at least 4 members (excludes halogenated alkanes) is 1. The quantitative estimate of drug-likeness (QED) is 0.177. The average Bonchev–Trinajstić information content (AvgIpc) is 3.45. The Hall–Kier alpha value is -5.08. The van der Waals surface area contributed by atoms with E-state index in [1.807, 2.05) is 12.1 Å². The number of fused-ring (bicyclic) bond motifs is 3. The Morgan fingerprint density at radius 3 is 2.33 bits per heavy atom. The second-order valence-electron chi connectivity index (χ2n) is 12.2. The van der Waals surface area contributed by atoms with Gasteiger partial charge in [0.25, 0.3) is 0 Å². The molecule has 0 spiro atoms. The maximum Gasteiger partial charge on any atom is 0.135 e. The summed E-state index contributed by atoms with van der Waals surface area (Å²) < 4.78 is 6.19. The number of rotatable bonds is 8. The molecule has 1 aliphatic carbocycles. The van der Waals surface area contributed by atoms with E-state index in [1.165, 1.54) is 33.5 Å². The van der Waals surface area contributed by atoms with Crippen LogP contribution in [0.2, 0.25) is 0 Å². The van der Waals surface area contributed by atoms with Crippen molar-refractivity contribution in [1.82, 2.24) is 0 Å². The fourth-order valence-corrected chi connectivity index (χ4v) is 6.55. The minimum Gasteiger partial charge on any atom is -0.456 e. The number of aryl methyl sites for hydroxylation is 1. The highest BCUT2D eigenvalue weighted by atomic mass is 16.3. The van der Waals surface area contributed by atoms with Crippen molar-refractivity contribution in [2.45, 2.75) is 39.5 Å². The standard InChI is InChI=1S/C43H39NO/c1-4-5-7-15-33-28-37(21-20-30(33)2)44(38-23-25-43-41(29-38)40-18-10-11-19-42(40)45-43)36-22-24-39(31(3)26-36)35-17-12-16-34(27-35)32-13-8-6-9-14-32/h6-29,31,39H,4-5H2,1-3H3/b15-7-. The predicted octanol–water partition coefficient (Wildman–Crippen LogP) is 12.4. The molecule has 222 valence electrons. The Balaban J connectivity index is 1.30. The second kappa shape index (κ2) is 12.5. The van der Waals surface area contributed by atoms with E-state index < -0.39 is 0 Å². The second-order valence-corrected chi connectivity index (χ2v) is 12.2. The summed E-state index contributed by atoms with van der Waals surface area (Å²) in [6, 6.07) is 41.4. The first kappa shape index (κ1) is 28.7. The summed E-state index contributed by atoms with van der Waals surface area (Å²) in [5, 5.41) is 2.27. The van der Waals surface area contributed by atoms with Crippen LogP contribution in [0.15, 0.2) is 150 Å². The number of anilines is 2. The molecule has 0 N–H and O–H groups in total. The zero-order chi connectivity index (χ0) is 30.8. The minimum absolute atomic E-state index is 0.296. The summed E-state index contributed by atoms with van der Waals surface area (Å²) in [5.41, 5.74) is 11.7. The number of allylic oxidation sites excluding steroid dienone is 4. The van der Waals surface area contributed by atoms with Crippen molar-refractivity contribution in [1.29, 1.82) is 0 Å². The van der Waals surface area contributed by atoms with Gasteiger partial charge in [0.05, 0.1) is 0 Å². The topological polar surface area (TPSA) is 16.4 Å². The molecule has 7 rings (SSSR count). The molecule has 6 aromatic rings. The lowest BCUT2D eigenvalue weighted by atomic mass is 9.82. The van der Waals surface area contributed by atoms with Crippen LogP contribution < -0.4 is 4.90 Å². The van der Waals surface area contributed by atoms with E-state index >= 15 is 0 Å². The highest BCUT2D eigenvalue weighted by molar-refractivity contribution is 6.06. The molecule has 0 saturated heterocycles. The van der Waals surface area contributed by atoms with E-state index in [-0.39, 0.29) is 0 Å². The molecule has 1 aliphatic rings. The van der Waals surface area contributed by atoms with Gasteiger partial charge in [0.2, 0.25) is 0 Å². The van der Waals surface area contributed by atoms with Gasteiger partial charge in [-0.05, 0) is 89.6 Å². The number of furan rings is 1. The van der Waals surface area contributed by atoms with Gasteiger partial charge in [0.1, 0.15) is 11.2 Å². The SMILES string of the molecule is CCC/C=C\c1cc(N(C2=CC(C)C(c3cccc(-c4ccccc4)c3)C=C2)c2ccc3oc4ccccc4c3c2)ccc1C. The zero-order valence-corrected chi connectivity index (χ0v) is 26.3. The Labute approximate surface area is 266 Å². The molecule has 2 unspecified atom stereocenters. The molecule has 45 heavy (non-hydrogen) atoms. The molecule has 0 aliphatic heterocycles. The predicted molar refractivity (Wildman–Crippen MR) is 192 cm³/mol. The Bertz CT molecular complexity index is 2060. The van der Waals surface area contributed by atoms with E-state index in [1.54, 1.807) is 0 Å². The number of hydrogen-bond donors (Lipinski definition) is 0. The fourth-order valence-electron chi connectivity index (χ4n) is 6.55. The molecular formula is C43H39NO. The largest absolute Gasteiger partial charge is 0.456 e. The normalized spacial score (nSPS) is 16.5. The van der Waals surface area contributed by atoms with Crippen molar-refractivity contribution < 1.29 is 4.42 Å².